The van der Waals surface area contributed by atoms with Crippen molar-refractivity contribution in [2.24, 2.45) is 0 Å². The van der Waals surface area contributed by atoms with Crippen LogP contribution in [0.3, 0.4) is 0 Å². The molecule has 1 aromatic carbocycles. The lowest BCUT2D eigenvalue weighted by atomic mass is 9.99. The number of hydrogen-bond acceptors (Lipinski definition) is 3. The van der Waals surface area contributed by atoms with Gasteiger partial charge in [0.15, 0.2) is 0 Å². The Labute approximate surface area is 110 Å². The molecule has 0 saturated heterocycles. The van der Waals surface area contributed by atoms with Crippen molar-refractivity contribution in [1.82, 2.24) is 0 Å². The third-order valence-electron chi connectivity index (χ3n) is 3.38. The molecule has 1 atom stereocenters. The Morgan fingerprint density at radius 1 is 1.33 bits per heavy atom. The monoisotopic (exact) mass is 251 g/mol. The molecule has 102 valence electrons. The molecule has 0 fully saturated rings. The summed E-state index contributed by atoms with van der Waals surface area (Å²) in [6.07, 6.45) is 0.900. The quantitative estimate of drug-likeness (QED) is 0.839. The van der Waals surface area contributed by atoms with Crippen LogP contribution in [0.5, 0.6) is 5.75 Å². The first-order valence-electron chi connectivity index (χ1n) is 6.37. The van der Waals surface area contributed by atoms with E-state index in [9.17, 15) is 5.11 Å². The molecule has 0 amide bonds. The number of anilines is 1. The smallest absolute Gasteiger partial charge is 0.123 e. The Morgan fingerprint density at radius 2 is 1.94 bits per heavy atom. The molecule has 0 aliphatic carbocycles. The maximum absolute atomic E-state index is 9.91. The van der Waals surface area contributed by atoms with Crippen LogP contribution in [-0.2, 0) is 4.74 Å². The lowest BCUT2D eigenvalue weighted by molar-refractivity contribution is 0.0128. The molecule has 0 radical (unpaired) electrons. The van der Waals surface area contributed by atoms with Crippen molar-refractivity contribution in [1.29, 1.82) is 0 Å². The molecule has 1 aromatic rings. The van der Waals surface area contributed by atoms with Crippen LogP contribution >= 0.6 is 0 Å². The van der Waals surface area contributed by atoms with E-state index in [1.54, 1.807) is 7.11 Å². The third kappa shape index (κ3) is 3.64. The lowest BCUT2D eigenvalue weighted by Crippen LogP contribution is -2.31. The number of aromatic hydroxyl groups is 1. The molecule has 0 bridgehead atoms. The van der Waals surface area contributed by atoms with Gasteiger partial charge in [-0.05, 0) is 52.7 Å². The average molecular weight is 251 g/mol. The van der Waals surface area contributed by atoms with Crippen LogP contribution < -0.4 is 5.32 Å². The molecule has 1 unspecified atom stereocenters. The van der Waals surface area contributed by atoms with Gasteiger partial charge in [-0.15, -0.1) is 0 Å². The van der Waals surface area contributed by atoms with Gasteiger partial charge < -0.3 is 15.2 Å². The van der Waals surface area contributed by atoms with Crippen molar-refractivity contribution in [2.45, 2.75) is 52.7 Å². The highest BCUT2D eigenvalue weighted by Gasteiger charge is 2.20. The molecule has 3 heteroatoms. The normalized spacial score (nSPS) is 13.4. The minimum atomic E-state index is -0.146. The summed E-state index contributed by atoms with van der Waals surface area (Å²) in [5.41, 5.74) is 2.64. The van der Waals surface area contributed by atoms with E-state index in [1.165, 1.54) is 0 Å². The largest absolute Gasteiger partial charge is 0.507 e. The fourth-order valence-electron chi connectivity index (χ4n) is 2.13. The van der Waals surface area contributed by atoms with Gasteiger partial charge in [-0.3, -0.25) is 0 Å². The first-order valence-corrected chi connectivity index (χ1v) is 6.37. The molecule has 0 aromatic heterocycles. The van der Waals surface area contributed by atoms with Gasteiger partial charge in [0.25, 0.3) is 0 Å². The fourth-order valence-corrected chi connectivity index (χ4v) is 2.13. The number of ether oxygens (including phenoxy) is 1. The SMILES string of the molecule is COC(C)(C)CC(C)Nc1ccc(C)c(O)c1C. The number of phenolic OH excluding ortho intramolecular Hbond substituents is 1. The molecular weight excluding hydrogens is 226 g/mol. The van der Waals surface area contributed by atoms with Crippen LogP contribution in [0, 0.1) is 13.8 Å². The molecule has 2 N–H and O–H groups in total. The number of benzene rings is 1. The van der Waals surface area contributed by atoms with Gasteiger partial charge in [0.05, 0.1) is 5.60 Å². The van der Waals surface area contributed by atoms with E-state index in [0.29, 0.717) is 5.75 Å². The molecule has 0 saturated carbocycles. The van der Waals surface area contributed by atoms with Gasteiger partial charge >= 0.3 is 0 Å². The maximum Gasteiger partial charge on any atom is 0.123 e. The van der Waals surface area contributed by atoms with E-state index < -0.39 is 0 Å². The van der Waals surface area contributed by atoms with Crippen LogP contribution in [0.2, 0.25) is 0 Å². The zero-order chi connectivity index (χ0) is 13.9. The Hall–Kier alpha value is -1.22. The van der Waals surface area contributed by atoms with Gasteiger partial charge in [-0.2, -0.15) is 0 Å². The van der Waals surface area contributed by atoms with E-state index in [0.717, 1.165) is 23.2 Å². The number of nitrogens with one attached hydrogen (secondary N) is 1. The summed E-state index contributed by atoms with van der Waals surface area (Å²) in [6, 6.07) is 4.22. The van der Waals surface area contributed by atoms with Crippen molar-refractivity contribution in [3.63, 3.8) is 0 Å². The first kappa shape index (κ1) is 14.8. The van der Waals surface area contributed by atoms with E-state index in [-0.39, 0.29) is 11.6 Å². The van der Waals surface area contributed by atoms with Crippen LogP contribution in [0.1, 0.15) is 38.3 Å². The fraction of sp³-hybridized carbons (Fsp3) is 0.600. The van der Waals surface area contributed by atoms with Gasteiger partial charge in [-0.25, -0.2) is 0 Å². The van der Waals surface area contributed by atoms with Gasteiger partial charge in [0, 0.05) is 24.4 Å². The molecule has 0 spiro atoms. The zero-order valence-electron chi connectivity index (χ0n) is 12.3. The molecule has 18 heavy (non-hydrogen) atoms. The molecule has 0 aliphatic rings. The number of methoxy groups -OCH3 is 1. The predicted molar refractivity (Wildman–Crippen MR) is 76.4 cm³/mol. The first-order chi connectivity index (χ1) is 8.26. The Morgan fingerprint density at radius 3 is 2.50 bits per heavy atom. The highest BCUT2D eigenvalue weighted by Crippen LogP contribution is 2.29. The zero-order valence-corrected chi connectivity index (χ0v) is 12.3. The van der Waals surface area contributed by atoms with Gasteiger partial charge in [0.2, 0.25) is 0 Å². The molecule has 3 nitrogen and oxygen atoms in total. The number of phenols is 1. The minimum Gasteiger partial charge on any atom is -0.507 e. The van der Waals surface area contributed by atoms with Gasteiger partial charge in [0.1, 0.15) is 5.75 Å². The average Bonchev–Trinajstić information content (AvgIpc) is 2.29. The van der Waals surface area contributed by atoms with Crippen LogP contribution in [0.4, 0.5) is 5.69 Å². The van der Waals surface area contributed by atoms with Crippen molar-refractivity contribution in [3.8, 4) is 5.75 Å². The summed E-state index contributed by atoms with van der Waals surface area (Å²) in [5, 5.41) is 13.3. The van der Waals surface area contributed by atoms with E-state index in [2.05, 4.69) is 26.1 Å². The third-order valence-corrected chi connectivity index (χ3v) is 3.38. The van der Waals surface area contributed by atoms with Crippen LogP contribution in [-0.4, -0.2) is 23.9 Å². The topological polar surface area (TPSA) is 41.5 Å². The Balaban J connectivity index is 2.77. The van der Waals surface area contributed by atoms with Gasteiger partial charge in [-0.1, -0.05) is 6.07 Å². The predicted octanol–water partition coefficient (Wildman–Crippen LogP) is 3.62. The van der Waals surface area contributed by atoms with Crippen molar-refractivity contribution in [2.75, 3.05) is 12.4 Å². The summed E-state index contributed by atoms with van der Waals surface area (Å²) in [5.74, 6) is 0.373. The molecular formula is C15H25NO2. The summed E-state index contributed by atoms with van der Waals surface area (Å²) >= 11 is 0. The van der Waals surface area contributed by atoms with Crippen molar-refractivity contribution in [3.05, 3.63) is 23.3 Å². The maximum atomic E-state index is 9.91. The van der Waals surface area contributed by atoms with Crippen LogP contribution in [0.15, 0.2) is 12.1 Å². The lowest BCUT2D eigenvalue weighted by Gasteiger charge is -2.28. The summed E-state index contributed by atoms with van der Waals surface area (Å²) in [6.45, 7) is 10.1. The van der Waals surface area contributed by atoms with Crippen molar-refractivity contribution < 1.29 is 9.84 Å². The standard InChI is InChI=1S/C15H25NO2/c1-10-7-8-13(12(3)14(10)17)16-11(2)9-15(4,5)18-6/h7-8,11,16-17H,9H2,1-6H3. The summed E-state index contributed by atoms with van der Waals surface area (Å²) in [4.78, 5) is 0. The summed E-state index contributed by atoms with van der Waals surface area (Å²) < 4.78 is 5.43. The van der Waals surface area contributed by atoms with Crippen molar-refractivity contribution >= 4 is 5.69 Å². The molecule has 0 aliphatic heterocycles. The minimum absolute atomic E-state index is 0.146. The molecule has 0 heterocycles. The highest BCUT2D eigenvalue weighted by atomic mass is 16.5. The number of hydrogen-bond donors (Lipinski definition) is 2. The number of aryl methyl sites for hydroxylation is 1. The second kappa shape index (κ2) is 5.61. The molecule has 1 rings (SSSR count). The number of rotatable bonds is 5. The van der Waals surface area contributed by atoms with E-state index >= 15 is 0 Å². The van der Waals surface area contributed by atoms with E-state index in [1.807, 2.05) is 26.0 Å². The summed E-state index contributed by atoms with van der Waals surface area (Å²) in [7, 11) is 1.73. The van der Waals surface area contributed by atoms with Crippen LogP contribution in [0.25, 0.3) is 0 Å². The second-order valence-corrected chi connectivity index (χ2v) is 5.62. The Kier molecular flexibility index (Phi) is 4.63. The Bertz CT molecular complexity index is 413. The van der Waals surface area contributed by atoms with E-state index in [4.69, 9.17) is 4.74 Å². The highest BCUT2D eigenvalue weighted by molar-refractivity contribution is 5.59. The second-order valence-electron chi connectivity index (χ2n) is 5.62.